The molecule has 2 saturated carbocycles. The molecule has 1 aliphatic heterocycles. The predicted molar refractivity (Wildman–Crippen MR) is 206 cm³/mol. The second kappa shape index (κ2) is 16.4. The molecule has 2 amide bonds. The molecule has 3 fully saturated rings. The summed E-state index contributed by atoms with van der Waals surface area (Å²) in [6.07, 6.45) is 13.8. The molecule has 288 valence electrons. The zero-order valence-electron chi connectivity index (χ0n) is 31.6. The number of piperazine rings is 1. The van der Waals surface area contributed by atoms with Gasteiger partial charge in [0.25, 0.3) is 5.91 Å². The average Bonchev–Trinajstić information content (AvgIpc) is 3.52. The van der Waals surface area contributed by atoms with Gasteiger partial charge in [-0.2, -0.15) is 0 Å². The summed E-state index contributed by atoms with van der Waals surface area (Å²) in [5.74, 6) is -0.0316. The van der Waals surface area contributed by atoms with E-state index in [0.717, 1.165) is 51.6 Å². The van der Waals surface area contributed by atoms with Crippen molar-refractivity contribution in [2.75, 3.05) is 32.8 Å². The van der Waals surface area contributed by atoms with Crippen LogP contribution < -0.4 is 5.73 Å². The highest BCUT2D eigenvalue weighted by molar-refractivity contribution is 6.09. The molecule has 5 atom stereocenters. The summed E-state index contributed by atoms with van der Waals surface area (Å²) in [6.45, 7) is 4.98. The zero-order valence-corrected chi connectivity index (χ0v) is 31.6. The Morgan fingerprint density at radius 1 is 0.981 bits per heavy atom. The summed E-state index contributed by atoms with van der Waals surface area (Å²) >= 11 is 0. The number of ketones is 1. The average molecular weight is 739 g/mol. The van der Waals surface area contributed by atoms with Gasteiger partial charge < -0.3 is 25.9 Å². The molecule has 10 heteroatoms. The van der Waals surface area contributed by atoms with E-state index in [9.17, 15) is 23.9 Å². The van der Waals surface area contributed by atoms with Gasteiger partial charge in [0.1, 0.15) is 12.0 Å². The van der Waals surface area contributed by atoms with Crippen molar-refractivity contribution in [1.29, 1.82) is 5.41 Å². The number of ether oxygens (including phenoxy) is 1. The van der Waals surface area contributed by atoms with Crippen LogP contribution in [0, 0.1) is 28.5 Å². The number of rotatable bonds is 13. The molecular formula is C44H55FN4O5. The molecule has 2 aromatic rings. The molecule has 2 aromatic carbocycles. The molecule has 0 aromatic heterocycles. The normalized spacial score (nSPS) is 26.1. The lowest BCUT2D eigenvalue weighted by Crippen LogP contribution is -2.52. The fourth-order valence-corrected chi connectivity index (χ4v) is 10.3. The second-order valence-corrected chi connectivity index (χ2v) is 16.4. The minimum atomic E-state index is -0.626. The van der Waals surface area contributed by atoms with Gasteiger partial charge in [-0.05, 0) is 122 Å². The highest BCUT2D eigenvalue weighted by Crippen LogP contribution is 2.60. The third-order valence-electron chi connectivity index (χ3n) is 13.3. The molecule has 0 spiro atoms. The number of unbranched alkanes of at least 4 members (excludes halogenated alkanes) is 2. The molecule has 1 heterocycles. The number of amides is 2. The number of carbonyl (C=O) groups is 3. The van der Waals surface area contributed by atoms with Gasteiger partial charge in [0.05, 0.1) is 11.7 Å². The largest absolute Gasteiger partial charge is 0.378 e. The van der Waals surface area contributed by atoms with Crippen LogP contribution in [-0.2, 0) is 16.0 Å². The first-order valence-electron chi connectivity index (χ1n) is 20.1. The number of allylic oxidation sites excluding steroid dienone is 4. The van der Waals surface area contributed by atoms with Crippen LogP contribution in [0.25, 0.3) is 0 Å². The van der Waals surface area contributed by atoms with Gasteiger partial charge in [-0.1, -0.05) is 43.2 Å². The number of hydrogen-bond acceptors (Lipinski definition) is 7. The molecule has 4 N–H and O–H groups in total. The van der Waals surface area contributed by atoms with Crippen LogP contribution in [0.5, 0.6) is 0 Å². The molecule has 1 saturated heterocycles. The highest BCUT2D eigenvalue weighted by Gasteiger charge is 2.54. The Hall–Kier alpha value is -3.99. The van der Waals surface area contributed by atoms with E-state index >= 15 is 0 Å². The number of fused-ring (bicyclic) bond motifs is 4. The smallest absolute Gasteiger partial charge is 0.256 e. The van der Waals surface area contributed by atoms with Crippen molar-refractivity contribution >= 4 is 23.3 Å². The van der Waals surface area contributed by atoms with Crippen molar-refractivity contribution < 1.29 is 28.6 Å². The Morgan fingerprint density at radius 3 is 2.54 bits per heavy atom. The Bertz CT molecular complexity index is 1850. The number of hydrogen-bond donors (Lipinski definition) is 3. The molecule has 7 rings (SSSR count). The number of nitrogens with two attached hydrogens (primary N) is 1. The zero-order chi connectivity index (χ0) is 38.0. The first-order chi connectivity index (χ1) is 26.0. The third-order valence-corrected chi connectivity index (χ3v) is 13.3. The number of benzene rings is 2. The van der Waals surface area contributed by atoms with Crippen molar-refractivity contribution in [1.82, 2.24) is 9.80 Å². The number of halogens is 1. The fourth-order valence-electron chi connectivity index (χ4n) is 10.3. The van der Waals surface area contributed by atoms with Crippen LogP contribution in [0.15, 0.2) is 65.3 Å². The second-order valence-electron chi connectivity index (χ2n) is 16.4. The molecule has 9 nitrogen and oxygen atoms in total. The van der Waals surface area contributed by atoms with Gasteiger partial charge in [0.2, 0.25) is 5.91 Å². The van der Waals surface area contributed by atoms with Gasteiger partial charge in [0.15, 0.2) is 5.78 Å². The SMILES string of the molecule is C[C@]12CCC3=C4CCC(=O)C=C4CC[C@H]3[C@@H]1CC[C@@H]2OCCCCCC(O)N1CCN(C(=O)c2cc(CC(=N)c3ccccc3C(N)=O)ccc2F)CC1. The fraction of sp³-hybridized carbons (Fsp3) is 0.545. The van der Waals surface area contributed by atoms with Crippen LogP contribution in [-0.4, -0.2) is 83.3 Å². The third kappa shape index (κ3) is 7.88. The van der Waals surface area contributed by atoms with Crippen LogP contribution in [0.4, 0.5) is 4.39 Å². The molecule has 1 unspecified atom stereocenters. The van der Waals surface area contributed by atoms with Gasteiger partial charge >= 0.3 is 0 Å². The van der Waals surface area contributed by atoms with E-state index in [4.69, 9.17) is 15.9 Å². The first-order valence-corrected chi connectivity index (χ1v) is 20.1. The Kier molecular flexibility index (Phi) is 11.6. The van der Waals surface area contributed by atoms with Crippen molar-refractivity contribution in [3.8, 4) is 0 Å². The van der Waals surface area contributed by atoms with Crippen LogP contribution >= 0.6 is 0 Å². The maximum Gasteiger partial charge on any atom is 0.256 e. The van der Waals surface area contributed by atoms with Gasteiger partial charge in [-0.15, -0.1) is 0 Å². The monoisotopic (exact) mass is 738 g/mol. The number of nitrogens with zero attached hydrogens (tertiary/aromatic N) is 2. The van der Waals surface area contributed by atoms with E-state index in [-0.39, 0.29) is 28.7 Å². The van der Waals surface area contributed by atoms with E-state index in [1.165, 1.54) is 42.5 Å². The lowest BCUT2D eigenvalue weighted by molar-refractivity contribution is -0.114. The van der Waals surface area contributed by atoms with Crippen LogP contribution in [0.2, 0.25) is 0 Å². The van der Waals surface area contributed by atoms with Crippen LogP contribution in [0.3, 0.4) is 0 Å². The van der Waals surface area contributed by atoms with Crippen molar-refractivity contribution in [3.63, 3.8) is 0 Å². The number of primary amides is 1. The van der Waals surface area contributed by atoms with E-state index < -0.39 is 23.9 Å². The minimum absolute atomic E-state index is 0.0458. The Labute approximate surface area is 318 Å². The quantitative estimate of drug-likeness (QED) is 0.153. The van der Waals surface area contributed by atoms with Crippen molar-refractivity contribution in [3.05, 3.63) is 93.3 Å². The molecular weight excluding hydrogens is 684 g/mol. The maximum atomic E-state index is 14.9. The summed E-state index contributed by atoms with van der Waals surface area (Å²) in [6, 6.07) is 10.9. The summed E-state index contributed by atoms with van der Waals surface area (Å²) in [7, 11) is 0. The summed E-state index contributed by atoms with van der Waals surface area (Å²) in [4.78, 5) is 40.9. The van der Waals surface area contributed by atoms with Gasteiger partial charge in [-0.3, -0.25) is 19.3 Å². The number of nitrogens with one attached hydrogen (secondary N) is 1. The topological polar surface area (TPSA) is 137 Å². The molecule has 0 bridgehead atoms. The number of aliphatic hydroxyl groups excluding tert-OH is 1. The Balaban J connectivity index is 0.824. The lowest BCUT2D eigenvalue weighted by atomic mass is 9.57. The summed E-state index contributed by atoms with van der Waals surface area (Å²) < 4.78 is 21.5. The molecule has 5 aliphatic rings. The predicted octanol–water partition coefficient (Wildman–Crippen LogP) is 6.76. The minimum Gasteiger partial charge on any atom is -0.378 e. The van der Waals surface area contributed by atoms with Crippen molar-refractivity contribution in [2.45, 2.75) is 103 Å². The summed E-state index contributed by atoms with van der Waals surface area (Å²) in [5, 5.41) is 19.5. The summed E-state index contributed by atoms with van der Waals surface area (Å²) in [5.41, 5.74) is 11.6. The van der Waals surface area contributed by atoms with E-state index in [2.05, 4.69) is 6.92 Å². The Morgan fingerprint density at radius 2 is 1.76 bits per heavy atom. The van der Waals surface area contributed by atoms with Gasteiger partial charge in [0, 0.05) is 62.5 Å². The number of carbonyl (C=O) groups excluding carboxylic acids is 3. The maximum absolute atomic E-state index is 14.9. The number of aliphatic hydroxyl groups is 1. The lowest BCUT2D eigenvalue weighted by Gasteiger charge is -2.49. The van der Waals surface area contributed by atoms with Gasteiger partial charge in [-0.25, -0.2) is 4.39 Å². The molecule has 4 aliphatic carbocycles. The van der Waals surface area contributed by atoms with E-state index in [1.807, 2.05) is 11.0 Å². The highest BCUT2D eigenvalue weighted by atomic mass is 19.1. The van der Waals surface area contributed by atoms with E-state index in [0.29, 0.717) is 73.9 Å². The molecule has 54 heavy (non-hydrogen) atoms. The van der Waals surface area contributed by atoms with Crippen molar-refractivity contribution in [2.24, 2.45) is 23.0 Å². The van der Waals surface area contributed by atoms with E-state index in [1.54, 1.807) is 40.8 Å². The first kappa shape index (κ1) is 38.3. The van der Waals surface area contributed by atoms with Crippen LogP contribution in [0.1, 0.15) is 116 Å². The standard InChI is InChI=1S/C44H55FN4O5/c1-44-19-18-32-31-14-12-30(50)27-29(31)11-13-33(32)37(44)15-17-40(44)54-24-6-2-3-9-41(51)48-20-22-49(23-21-48)43(53)36-25-28(10-16-38(36)45)26-39(46)34-7-4-5-8-35(34)42(47)52/h4-5,7-8,10,16,25,27,33,37,40-41,46,51H,2-3,6,9,11-15,17-24,26H2,1H3,(H2,47,52)/t33-,37+,40+,41?,44+/m1/s1. The molecule has 0 radical (unpaired) electrons.